The third-order valence-corrected chi connectivity index (χ3v) is 1.99. The molecule has 0 atom stereocenters. The fourth-order valence-electron chi connectivity index (χ4n) is 1.43. The van der Waals surface area contributed by atoms with Gasteiger partial charge in [0.2, 0.25) is 5.91 Å². The van der Waals surface area contributed by atoms with Crippen molar-refractivity contribution in [3.63, 3.8) is 0 Å². The van der Waals surface area contributed by atoms with E-state index in [0.29, 0.717) is 13.2 Å². The van der Waals surface area contributed by atoms with Gasteiger partial charge in [-0.1, -0.05) is 20.8 Å². The standard InChI is InChI=1S/C12H23NO3/c1-6-16-11(15)8-7-10(14)13(5)9-12(2,3)4/h6-9H2,1-5H3. The summed E-state index contributed by atoms with van der Waals surface area (Å²) in [4.78, 5) is 24.4. The molecule has 0 aromatic heterocycles. The topological polar surface area (TPSA) is 46.6 Å². The Labute approximate surface area is 98.0 Å². The summed E-state index contributed by atoms with van der Waals surface area (Å²) in [6.07, 6.45) is 0.395. The molecule has 0 aliphatic rings. The van der Waals surface area contributed by atoms with E-state index in [2.05, 4.69) is 20.8 Å². The number of amides is 1. The molecule has 4 nitrogen and oxygen atoms in total. The van der Waals surface area contributed by atoms with Crippen LogP contribution < -0.4 is 0 Å². The lowest BCUT2D eigenvalue weighted by atomic mass is 9.96. The second kappa shape index (κ2) is 6.51. The van der Waals surface area contributed by atoms with Crippen molar-refractivity contribution in [3.05, 3.63) is 0 Å². The summed E-state index contributed by atoms with van der Waals surface area (Å²) in [6.45, 7) is 9.03. The van der Waals surface area contributed by atoms with Gasteiger partial charge >= 0.3 is 5.97 Å². The molecule has 0 aromatic carbocycles. The van der Waals surface area contributed by atoms with Gasteiger partial charge in [0.1, 0.15) is 0 Å². The lowest BCUT2D eigenvalue weighted by Crippen LogP contribution is -2.34. The first kappa shape index (κ1) is 14.9. The molecule has 0 N–H and O–H groups in total. The van der Waals surface area contributed by atoms with Gasteiger partial charge in [-0.25, -0.2) is 0 Å². The first-order valence-electron chi connectivity index (χ1n) is 5.66. The van der Waals surface area contributed by atoms with Gasteiger partial charge in [-0.3, -0.25) is 9.59 Å². The van der Waals surface area contributed by atoms with Crippen LogP contribution in [0.15, 0.2) is 0 Å². The van der Waals surface area contributed by atoms with Gasteiger partial charge < -0.3 is 9.64 Å². The Balaban J connectivity index is 3.93. The Morgan fingerprint density at radius 3 is 2.19 bits per heavy atom. The highest BCUT2D eigenvalue weighted by Gasteiger charge is 2.18. The summed E-state index contributed by atoms with van der Waals surface area (Å²) < 4.78 is 4.76. The van der Waals surface area contributed by atoms with Crippen molar-refractivity contribution in [2.75, 3.05) is 20.2 Å². The van der Waals surface area contributed by atoms with Crippen LogP contribution in [0.1, 0.15) is 40.5 Å². The lowest BCUT2D eigenvalue weighted by Gasteiger charge is -2.26. The number of hydrogen-bond acceptors (Lipinski definition) is 3. The Morgan fingerprint density at radius 2 is 1.75 bits per heavy atom. The molecule has 0 spiro atoms. The highest BCUT2D eigenvalue weighted by molar-refractivity contribution is 5.81. The summed E-state index contributed by atoms with van der Waals surface area (Å²) >= 11 is 0. The quantitative estimate of drug-likeness (QED) is 0.676. The number of nitrogens with zero attached hydrogens (tertiary/aromatic N) is 1. The second-order valence-corrected chi connectivity index (χ2v) is 5.12. The monoisotopic (exact) mass is 229 g/mol. The molecule has 0 radical (unpaired) electrons. The van der Waals surface area contributed by atoms with E-state index in [1.807, 2.05) is 0 Å². The zero-order valence-electron chi connectivity index (χ0n) is 11.0. The zero-order chi connectivity index (χ0) is 12.8. The van der Waals surface area contributed by atoms with Crippen LogP contribution >= 0.6 is 0 Å². The van der Waals surface area contributed by atoms with Crippen LogP contribution in [0.25, 0.3) is 0 Å². The molecule has 94 valence electrons. The Morgan fingerprint density at radius 1 is 1.19 bits per heavy atom. The summed E-state index contributed by atoms with van der Waals surface area (Å²) in [5, 5.41) is 0. The Bertz CT molecular complexity index is 243. The van der Waals surface area contributed by atoms with E-state index in [4.69, 9.17) is 4.74 Å². The first-order valence-corrected chi connectivity index (χ1v) is 5.66. The van der Waals surface area contributed by atoms with Crippen LogP contribution in [0.4, 0.5) is 0 Å². The molecule has 16 heavy (non-hydrogen) atoms. The molecule has 0 saturated heterocycles. The van der Waals surface area contributed by atoms with Crippen molar-refractivity contribution >= 4 is 11.9 Å². The minimum absolute atomic E-state index is 0.0111. The molecular formula is C12H23NO3. The van der Waals surface area contributed by atoms with Gasteiger partial charge in [-0.2, -0.15) is 0 Å². The largest absolute Gasteiger partial charge is 0.466 e. The average Bonchev–Trinajstić information content (AvgIpc) is 2.11. The van der Waals surface area contributed by atoms with E-state index in [-0.39, 0.29) is 30.1 Å². The number of rotatable bonds is 5. The predicted molar refractivity (Wildman–Crippen MR) is 63.0 cm³/mol. The van der Waals surface area contributed by atoms with Gasteiger partial charge in [0.25, 0.3) is 0 Å². The van der Waals surface area contributed by atoms with Crippen molar-refractivity contribution in [2.24, 2.45) is 5.41 Å². The second-order valence-electron chi connectivity index (χ2n) is 5.12. The minimum atomic E-state index is -0.306. The van der Waals surface area contributed by atoms with Gasteiger partial charge in [0, 0.05) is 20.0 Å². The van der Waals surface area contributed by atoms with Gasteiger partial charge in [-0.05, 0) is 12.3 Å². The van der Waals surface area contributed by atoms with Gasteiger partial charge in [0.15, 0.2) is 0 Å². The van der Waals surface area contributed by atoms with Crippen LogP contribution in [0.2, 0.25) is 0 Å². The molecule has 0 aliphatic carbocycles. The number of hydrogen-bond donors (Lipinski definition) is 0. The summed E-state index contributed by atoms with van der Waals surface area (Å²) in [7, 11) is 1.76. The summed E-state index contributed by atoms with van der Waals surface area (Å²) in [5.74, 6) is -0.317. The molecule has 4 heteroatoms. The molecule has 0 rings (SSSR count). The van der Waals surface area contributed by atoms with E-state index in [1.54, 1.807) is 18.9 Å². The maximum atomic E-state index is 11.6. The predicted octanol–water partition coefficient (Wildman–Crippen LogP) is 1.83. The molecule has 0 saturated carbocycles. The molecular weight excluding hydrogens is 206 g/mol. The normalized spacial score (nSPS) is 11.1. The number of esters is 1. The van der Waals surface area contributed by atoms with Crippen LogP contribution in [0.3, 0.4) is 0 Å². The number of carbonyl (C=O) groups excluding carboxylic acids is 2. The molecule has 1 amide bonds. The maximum Gasteiger partial charge on any atom is 0.306 e. The Kier molecular flexibility index (Phi) is 6.08. The fourth-order valence-corrected chi connectivity index (χ4v) is 1.43. The fraction of sp³-hybridized carbons (Fsp3) is 0.833. The van der Waals surface area contributed by atoms with Crippen molar-refractivity contribution in [3.8, 4) is 0 Å². The van der Waals surface area contributed by atoms with E-state index in [1.165, 1.54) is 0 Å². The molecule has 0 heterocycles. The van der Waals surface area contributed by atoms with Crippen LogP contribution in [-0.2, 0) is 14.3 Å². The van der Waals surface area contributed by atoms with Gasteiger partial charge in [0.05, 0.1) is 13.0 Å². The van der Waals surface area contributed by atoms with E-state index < -0.39 is 0 Å². The lowest BCUT2D eigenvalue weighted by molar-refractivity contribution is -0.145. The Hall–Kier alpha value is -1.06. The number of ether oxygens (including phenoxy) is 1. The van der Waals surface area contributed by atoms with Crippen LogP contribution in [-0.4, -0.2) is 37.0 Å². The third kappa shape index (κ3) is 7.26. The molecule has 0 fully saturated rings. The van der Waals surface area contributed by atoms with Crippen molar-refractivity contribution in [1.82, 2.24) is 4.90 Å². The van der Waals surface area contributed by atoms with E-state index in [9.17, 15) is 9.59 Å². The van der Waals surface area contributed by atoms with E-state index >= 15 is 0 Å². The average molecular weight is 229 g/mol. The van der Waals surface area contributed by atoms with Gasteiger partial charge in [-0.15, -0.1) is 0 Å². The number of carbonyl (C=O) groups is 2. The molecule has 0 aromatic rings. The molecule has 0 unspecified atom stereocenters. The molecule has 0 aliphatic heterocycles. The summed E-state index contributed by atoms with van der Waals surface area (Å²) in [6, 6.07) is 0. The van der Waals surface area contributed by atoms with E-state index in [0.717, 1.165) is 0 Å². The van der Waals surface area contributed by atoms with Crippen LogP contribution in [0.5, 0.6) is 0 Å². The zero-order valence-corrected chi connectivity index (χ0v) is 11.0. The smallest absolute Gasteiger partial charge is 0.306 e. The summed E-state index contributed by atoms with van der Waals surface area (Å²) in [5.41, 5.74) is 0.0777. The molecule has 0 bridgehead atoms. The minimum Gasteiger partial charge on any atom is -0.466 e. The first-order chi connectivity index (χ1) is 7.26. The van der Waals surface area contributed by atoms with Crippen molar-refractivity contribution < 1.29 is 14.3 Å². The van der Waals surface area contributed by atoms with Crippen molar-refractivity contribution in [1.29, 1.82) is 0 Å². The SMILES string of the molecule is CCOC(=O)CCC(=O)N(C)CC(C)(C)C. The highest BCUT2D eigenvalue weighted by atomic mass is 16.5. The maximum absolute atomic E-state index is 11.6. The van der Waals surface area contributed by atoms with Crippen molar-refractivity contribution in [2.45, 2.75) is 40.5 Å². The van der Waals surface area contributed by atoms with Crippen LogP contribution in [0, 0.1) is 5.41 Å². The highest BCUT2D eigenvalue weighted by Crippen LogP contribution is 2.14. The third-order valence-electron chi connectivity index (χ3n) is 1.99.